The van der Waals surface area contributed by atoms with Crippen LogP contribution in [0.4, 0.5) is 11.4 Å². The highest BCUT2D eigenvalue weighted by atomic mass is 35.5. The highest BCUT2D eigenvalue weighted by Crippen LogP contribution is 2.31. The molecule has 2 heterocycles. The second-order valence-electron chi connectivity index (χ2n) is 6.64. The lowest BCUT2D eigenvalue weighted by molar-refractivity contribution is -0.384. The van der Waals surface area contributed by atoms with E-state index < -0.39 is 0 Å². The molecule has 1 aliphatic heterocycles. The number of hydrogen-bond acceptors (Lipinski definition) is 6. The molecule has 0 amide bonds. The van der Waals surface area contributed by atoms with Crippen LogP contribution in [0.15, 0.2) is 59.1 Å². The lowest BCUT2D eigenvalue weighted by Gasteiger charge is -2.35. The molecule has 7 nitrogen and oxygen atoms in total. The van der Waals surface area contributed by atoms with Crippen molar-refractivity contribution in [1.29, 1.82) is 0 Å². The summed E-state index contributed by atoms with van der Waals surface area (Å²) in [4.78, 5) is 19.6. The first-order chi connectivity index (χ1) is 13.6. The van der Waals surface area contributed by atoms with E-state index in [4.69, 9.17) is 16.0 Å². The van der Waals surface area contributed by atoms with Crippen LogP contribution in [0.3, 0.4) is 0 Å². The molecule has 0 bridgehead atoms. The Morgan fingerprint density at radius 3 is 2.57 bits per heavy atom. The molecule has 0 aliphatic carbocycles. The molecule has 0 atom stereocenters. The van der Waals surface area contributed by atoms with Crippen molar-refractivity contribution in [3.63, 3.8) is 0 Å². The first-order valence-electron chi connectivity index (χ1n) is 9.01. The van der Waals surface area contributed by atoms with E-state index in [1.54, 1.807) is 18.3 Å². The van der Waals surface area contributed by atoms with Gasteiger partial charge in [0.05, 0.1) is 17.7 Å². The SMILES string of the molecule is O=[N+]([O-])c1cc(Cl)ccc1N1CCN(Cc2ncc(-c3ccccc3)o2)CC1. The summed E-state index contributed by atoms with van der Waals surface area (Å²) in [5, 5.41) is 11.7. The number of nitro benzene ring substituents is 1. The Bertz CT molecular complexity index is 969. The quantitative estimate of drug-likeness (QED) is 0.473. The molecule has 0 saturated carbocycles. The van der Waals surface area contributed by atoms with E-state index in [0.29, 0.717) is 36.2 Å². The standard InChI is InChI=1S/C20H19ClN4O3/c21-16-6-7-17(18(12-16)25(26)27)24-10-8-23(9-11-24)14-20-22-13-19(28-20)15-4-2-1-3-5-15/h1-7,12-13H,8-11,14H2. The number of nitrogens with zero attached hydrogens (tertiary/aromatic N) is 4. The lowest BCUT2D eigenvalue weighted by atomic mass is 10.2. The predicted molar refractivity (Wildman–Crippen MR) is 108 cm³/mol. The van der Waals surface area contributed by atoms with Crippen molar-refractivity contribution in [2.45, 2.75) is 6.54 Å². The minimum Gasteiger partial charge on any atom is -0.439 e. The van der Waals surface area contributed by atoms with Crippen molar-refractivity contribution in [2.75, 3.05) is 31.1 Å². The zero-order valence-electron chi connectivity index (χ0n) is 15.1. The van der Waals surface area contributed by atoms with E-state index in [-0.39, 0.29) is 10.6 Å². The number of rotatable bonds is 5. The van der Waals surface area contributed by atoms with Gasteiger partial charge < -0.3 is 9.32 Å². The topological polar surface area (TPSA) is 75.7 Å². The largest absolute Gasteiger partial charge is 0.439 e. The number of halogens is 1. The van der Waals surface area contributed by atoms with Gasteiger partial charge in [-0.05, 0) is 12.1 Å². The third-order valence-corrected chi connectivity index (χ3v) is 5.05. The fraction of sp³-hybridized carbons (Fsp3) is 0.250. The van der Waals surface area contributed by atoms with Gasteiger partial charge in [0, 0.05) is 42.8 Å². The Morgan fingerprint density at radius 1 is 1.11 bits per heavy atom. The lowest BCUT2D eigenvalue weighted by Crippen LogP contribution is -2.46. The molecular formula is C20H19ClN4O3. The molecule has 0 spiro atoms. The molecular weight excluding hydrogens is 380 g/mol. The third-order valence-electron chi connectivity index (χ3n) is 4.82. The van der Waals surface area contributed by atoms with Gasteiger partial charge >= 0.3 is 0 Å². The summed E-state index contributed by atoms with van der Waals surface area (Å²) in [5.41, 5.74) is 1.65. The molecule has 28 heavy (non-hydrogen) atoms. The second-order valence-corrected chi connectivity index (χ2v) is 7.07. The van der Waals surface area contributed by atoms with E-state index >= 15 is 0 Å². The van der Waals surface area contributed by atoms with E-state index in [1.807, 2.05) is 35.2 Å². The van der Waals surface area contributed by atoms with Crippen LogP contribution in [0.5, 0.6) is 0 Å². The molecule has 4 rings (SSSR count). The molecule has 0 radical (unpaired) electrons. The van der Waals surface area contributed by atoms with Crippen LogP contribution in [-0.4, -0.2) is 41.0 Å². The number of anilines is 1. The number of benzene rings is 2. The van der Waals surface area contributed by atoms with Gasteiger partial charge in [0.15, 0.2) is 5.76 Å². The maximum atomic E-state index is 11.3. The van der Waals surface area contributed by atoms with Crippen molar-refractivity contribution in [3.8, 4) is 11.3 Å². The molecule has 3 aromatic rings. The number of oxazole rings is 1. The Hall–Kier alpha value is -2.90. The Morgan fingerprint density at radius 2 is 1.86 bits per heavy atom. The third kappa shape index (κ3) is 4.00. The van der Waals surface area contributed by atoms with Gasteiger partial charge in [0.25, 0.3) is 5.69 Å². The van der Waals surface area contributed by atoms with E-state index in [2.05, 4.69) is 9.88 Å². The number of aromatic nitrogens is 1. The molecule has 1 fully saturated rings. The fourth-order valence-corrected chi connectivity index (χ4v) is 3.53. The monoisotopic (exact) mass is 398 g/mol. The maximum absolute atomic E-state index is 11.3. The fourth-order valence-electron chi connectivity index (χ4n) is 3.37. The summed E-state index contributed by atoms with van der Waals surface area (Å²) >= 11 is 5.91. The van der Waals surface area contributed by atoms with Crippen molar-refractivity contribution < 1.29 is 9.34 Å². The highest BCUT2D eigenvalue weighted by molar-refractivity contribution is 6.30. The molecule has 0 unspecified atom stereocenters. The summed E-state index contributed by atoms with van der Waals surface area (Å²) in [6.07, 6.45) is 1.75. The van der Waals surface area contributed by atoms with Gasteiger partial charge in [-0.2, -0.15) is 0 Å². The summed E-state index contributed by atoms with van der Waals surface area (Å²) in [7, 11) is 0. The predicted octanol–water partition coefficient (Wildman–Crippen LogP) is 4.23. The van der Waals surface area contributed by atoms with Crippen LogP contribution in [0.1, 0.15) is 5.89 Å². The van der Waals surface area contributed by atoms with Crippen LogP contribution in [0.25, 0.3) is 11.3 Å². The molecule has 8 heteroatoms. The summed E-state index contributed by atoms with van der Waals surface area (Å²) in [6.45, 7) is 3.53. The minimum absolute atomic E-state index is 0.0427. The van der Waals surface area contributed by atoms with Crippen LogP contribution in [-0.2, 0) is 6.54 Å². The van der Waals surface area contributed by atoms with Crippen molar-refractivity contribution in [3.05, 3.63) is 75.8 Å². The van der Waals surface area contributed by atoms with Gasteiger partial charge in [-0.15, -0.1) is 0 Å². The van der Waals surface area contributed by atoms with E-state index in [9.17, 15) is 10.1 Å². The summed E-state index contributed by atoms with van der Waals surface area (Å²) in [5.74, 6) is 1.43. The molecule has 1 aromatic heterocycles. The average Bonchev–Trinajstić information content (AvgIpc) is 3.18. The van der Waals surface area contributed by atoms with Gasteiger partial charge in [-0.3, -0.25) is 15.0 Å². The average molecular weight is 399 g/mol. The number of nitro groups is 1. The molecule has 2 aromatic carbocycles. The normalized spacial score (nSPS) is 15.0. The van der Waals surface area contributed by atoms with Crippen LogP contribution < -0.4 is 4.90 Å². The minimum atomic E-state index is -0.383. The summed E-state index contributed by atoms with van der Waals surface area (Å²) in [6, 6.07) is 14.7. The highest BCUT2D eigenvalue weighted by Gasteiger charge is 2.24. The Balaban J connectivity index is 1.39. The van der Waals surface area contributed by atoms with Gasteiger partial charge in [-0.1, -0.05) is 41.9 Å². The summed E-state index contributed by atoms with van der Waals surface area (Å²) < 4.78 is 5.88. The Kier molecular flexibility index (Phi) is 5.27. The van der Waals surface area contributed by atoms with Gasteiger partial charge in [0.2, 0.25) is 5.89 Å². The van der Waals surface area contributed by atoms with Gasteiger partial charge in [-0.25, -0.2) is 4.98 Å². The van der Waals surface area contributed by atoms with E-state index in [1.165, 1.54) is 6.07 Å². The Labute approximate surface area is 167 Å². The van der Waals surface area contributed by atoms with Crippen LogP contribution in [0, 0.1) is 10.1 Å². The zero-order chi connectivity index (χ0) is 19.5. The molecule has 144 valence electrons. The molecule has 1 aliphatic rings. The maximum Gasteiger partial charge on any atom is 0.294 e. The van der Waals surface area contributed by atoms with Crippen LogP contribution >= 0.6 is 11.6 Å². The van der Waals surface area contributed by atoms with E-state index in [0.717, 1.165) is 24.4 Å². The number of piperazine rings is 1. The van der Waals surface area contributed by atoms with Crippen molar-refractivity contribution >= 4 is 23.0 Å². The van der Waals surface area contributed by atoms with Crippen molar-refractivity contribution in [1.82, 2.24) is 9.88 Å². The van der Waals surface area contributed by atoms with Crippen LogP contribution in [0.2, 0.25) is 5.02 Å². The first-order valence-corrected chi connectivity index (χ1v) is 9.39. The van der Waals surface area contributed by atoms with Gasteiger partial charge in [0.1, 0.15) is 5.69 Å². The zero-order valence-corrected chi connectivity index (χ0v) is 15.9. The second kappa shape index (κ2) is 8.00. The van der Waals surface area contributed by atoms with Crippen molar-refractivity contribution in [2.24, 2.45) is 0 Å². The number of hydrogen-bond donors (Lipinski definition) is 0. The smallest absolute Gasteiger partial charge is 0.294 e. The first kappa shape index (κ1) is 18.5. The molecule has 0 N–H and O–H groups in total. The molecule has 1 saturated heterocycles.